The van der Waals surface area contributed by atoms with Crippen molar-refractivity contribution in [2.45, 2.75) is 58.7 Å². The van der Waals surface area contributed by atoms with Gasteiger partial charge in [0.25, 0.3) is 0 Å². The fourth-order valence-corrected chi connectivity index (χ4v) is 6.85. The highest BCUT2D eigenvalue weighted by Crippen LogP contribution is 2.34. The quantitative estimate of drug-likeness (QED) is 0.418. The maximum atomic E-state index is 12.5. The summed E-state index contributed by atoms with van der Waals surface area (Å²) in [4.78, 5) is 26.4. The Kier molecular flexibility index (Phi) is 7.71. The number of piperidine rings is 1. The van der Waals surface area contributed by atoms with E-state index in [0.29, 0.717) is 30.6 Å². The lowest BCUT2D eigenvalue weighted by Gasteiger charge is -2.45. The van der Waals surface area contributed by atoms with Gasteiger partial charge in [-0.15, -0.1) is 0 Å². The summed E-state index contributed by atoms with van der Waals surface area (Å²) < 4.78 is 5.57. The largest absolute Gasteiger partial charge is 0.444 e. The molecule has 0 N–H and O–H groups in total. The number of nitrogens with zero attached hydrogens (tertiary/aromatic N) is 6. The van der Waals surface area contributed by atoms with Crippen LogP contribution >= 0.6 is 0 Å². The van der Waals surface area contributed by atoms with E-state index in [1.54, 1.807) is 6.20 Å². The number of hydrogen-bond donors (Lipinski definition) is 0. The van der Waals surface area contributed by atoms with E-state index in [4.69, 9.17) is 4.74 Å². The molecule has 6 rings (SSSR count). The molecule has 0 bridgehead atoms. The highest BCUT2D eigenvalue weighted by atomic mass is 16.6. The Bertz CT molecular complexity index is 1500. The van der Waals surface area contributed by atoms with Gasteiger partial charge < -0.3 is 19.4 Å². The number of piperazine rings is 1. The van der Waals surface area contributed by atoms with Crippen LogP contribution in [0.15, 0.2) is 48.7 Å². The van der Waals surface area contributed by atoms with Crippen molar-refractivity contribution in [1.82, 2.24) is 14.8 Å². The molecule has 2 saturated heterocycles. The Morgan fingerprint density at radius 2 is 1.81 bits per heavy atom. The van der Waals surface area contributed by atoms with Crippen molar-refractivity contribution in [2.24, 2.45) is 5.92 Å². The highest BCUT2D eigenvalue weighted by molar-refractivity contribution is 5.95. The predicted molar refractivity (Wildman–Crippen MR) is 167 cm³/mol. The van der Waals surface area contributed by atoms with Gasteiger partial charge in [-0.05, 0) is 87.1 Å². The lowest BCUT2D eigenvalue weighted by molar-refractivity contribution is 0.0240. The number of carbonyl (C=O) groups excluding carboxylic acids is 1. The molecule has 0 spiro atoms. The number of nitriles is 1. The van der Waals surface area contributed by atoms with Gasteiger partial charge in [-0.2, -0.15) is 5.26 Å². The number of pyridine rings is 1. The third kappa shape index (κ3) is 5.89. The molecular weight excluding hydrogens is 524 g/mol. The molecule has 42 heavy (non-hydrogen) atoms. The summed E-state index contributed by atoms with van der Waals surface area (Å²) in [5, 5.41) is 10.7. The van der Waals surface area contributed by atoms with Crippen molar-refractivity contribution in [1.29, 1.82) is 5.26 Å². The van der Waals surface area contributed by atoms with Gasteiger partial charge in [-0.1, -0.05) is 13.0 Å². The molecule has 8 nitrogen and oxygen atoms in total. The third-order valence-corrected chi connectivity index (χ3v) is 8.89. The number of rotatable bonds is 3. The molecule has 8 heteroatoms. The van der Waals surface area contributed by atoms with Gasteiger partial charge in [-0.25, -0.2) is 4.79 Å². The Balaban J connectivity index is 1.12. The number of fused-ring (bicyclic) bond motifs is 2. The van der Waals surface area contributed by atoms with Crippen molar-refractivity contribution < 1.29 is 9.53 Å². The molecule has 3 aliphatic rings. The van der Waals surface area contributed by atoms with E-state index in [-0.39, 0.29) is 6.09 Å². The van der Waals surface area contributed by atoms with E-state index in [0.717, 1.165) is 56.6 Å². The lowest BCUT2D eigenvalue weighted by atomic mass is 9.91. The van der Waals surface area contributed by atoms with Crippen LogP contribution in [0.2, 0.25) is 0 Å². The Hall–Kier alpha value is -3.83. The number of anilines is 2. The van der Waals surface area contributed by atoms with Crippen molar-refractivity contribution >= 4 is 28.4 Å². The van der Waals surface area contributed by atoms with Crippen LogP contribution in [0.1, 0.15) is 50.8 Å². The Morgan fingerprint density at radius 3 is 2.57 bits per heavy atom. The molecule has 0 saturated carbocycles. The average molecular weight is 567 g/mol. The predicted octanol–water partition coefficient (Wildman–Crippen LogP) is 5.44. The van der Waals surface area contributed by atoms with Crippen LogP contribution in [0.25, 0.3) is 10.9 Å². The summed E-state index contributed by atoms with van der Waals surface area (Å²) in [6, 6.07) is 17.8. The average Bonchev–Trinajstić information content (AvgIpc) is 2.99. The molecule has 220 valence electrons. The highest BCUT2D eigenvalue weighted by Gasteiger charge is 2.32. The summed E-state index contributed by atoms with van der Waals surface area (Å²) in [5.41, 5.74) is 6.27. The van der Waals surface area contributed by atoms with Crippen molar-refractivity contribution in [3.05, 3.63) is 65.4 Å². The van der Waals surface area contributed by atoms with Crippen LogP contribution in [0.4, 0.5) is 16.2 Å². The molecular formula is C34H42N6O2. The van der Waals surface area contributed by atoms with Gasteiger partial charge in [0, 0.05) is 81.4 Å². The van der Waals surface area contributed by atoms with Gasteiger partial charge in [-0.3, -0.25) is 9.88 Å². The van der Waals surface area contributed by atoms with E-state index in [2.05, 4.69) is 63.0 Å². The summed E-state index contributed by atoms with van der Waals surface area (Å²) in [7, 11) is 0. The first-order chi connectivity index (χ1) is 20.2. The molecule has 2 fully saturated rings. The fourth-order valence-electron chi connectivity index (χ4n) is 6.85. The molecule has 3 aliphatic heterocycles. The van der Waals surface area contributed by atoms with Crippen LogP contribution in [0.3, 0.4) is 0 Å². The van der Waals surface area contributed by atoms with Crippen LogP contribution in [0.5, 0.6) is 0 Å². The van der Waals surface area contributed by atoms with E-state index in [9.17, 15) is 10.1 Å². The van der Waals surface area contributed by atoms with Gasteiger partial charge in [0.15, 0.2) is 0 Å². The SMILES string of the molecule is CC1CC(N2CCc3cc(N4CCN(C(=O)OC(C)(C)C)CC4)ccc3C2)CN(c2ccc(C#N)c3ncccc23)C1. The standard InChI is InChI=1S/C34H42N6O2/c1-24-18-29(23-40(21-24)31-10-8-26(20-35)32-30(31)6-5-12-36-32)39-13-11-25-19-28(9-7-27(25)22-39)37-14-16-38(17-15-37)33(41)42-34(2,3)4/h5-10,12,19,24,29H,11,13-18,21-23H2,1-4H3. The lowest BCUT2D eigenvalue weighted by Crippen LogP contribution is -2.52. The maximum Gasteiger partial charge on any atom is 0.410 e. The molecule has 2 atom stereocenters. The number of ether oxygens (including phenoxy) is 1. The molecule has 1 aromatic heterocycles. The molecule has 2 aromatic carbocycles. The molecule has 1 amide bonds. The second kappa shape index (κ2) is 11.4. The zero-order valence-electron chi connectivity index (χ0n) is 25.3. The van der Waals surface area contributed by atoms with Gasteiger partial charge >= 0.3 is 6.09 Å². The molecule has 4 heterocycles. The zero-order chi connectivity index (χ0) is 29.4. The first-order valence-electron chi connectivity index (χ1n) is 15.3. The van der Waals surface area contributed by atoms with E-state index < -0.39 is 5.60 Å². The minimum absolute atomic E-state index is 0.215. The van der Waals surface area contributed by atoms with Crippen molar-refractivity contribution in [2.75, 3.05) is 55.6 Å². The summed E-state index contributed by atoms with van der Waals surface area (Å²) >= 11 is 0. The van der Waals surface area contributed by atoms with E-state index in [1.165, 1.54) is 28.9 Å². The molecule has 0 aliphatic carbocycles. The van der Waals surface area contributed by atoms with E-state index >= 15 is 0 Å². The number of amides is 1. The first-order valence-corrected chi connectivity index (χ1v) is 15.3. The third-order valence-electron chi connectivity index (χ3n) is 8.89. The molecule has 2 unspecified atom stereocenters. The smallest absolute Gasteiger partial charge is 0.410 e. The number of hydrogen-bond acceptors (Lipinski definition) is 7. The minimum Gasteiger partial charge on any atom is -0.444 e. The fraction of sp³-hybridized carbons (Fsp3) is 0.500. The maximum absolute atomic E-state index is 12.5. The van der Waals surface area contributed by atoms with Crippen LogP contribution < -0.4 is 9.80 Å². The normalized spacial score (nSPS) is 21.6. The number of benzene rings is 2. The second-order valence-corrected chi connectivity index (χ2v) is 13.2. The van der Waals surface area contributed by atoms with Crippen molar-refractivity contribution in [3.63, 3.8) is 0 Å². The van der Waals surface area contributed by atoms with Crippen LogP contribution in [-0.4, -0.2) is 78.3 Å². The van der Waals surface area contributed by atoms with Gasteiger partial charge in [0.1, 0.15) is 11.7 Å². The van der Waals surface area contributed by atoms with E-state index in [1.807, 2.05) is 37.8 Å². The zero-order valence-corrected chi connectivity index (χ0v) is 25.3. The minimum atomic E-state index is -0.468. The van der Waals surface area contributed by atoms with Crippen molar-refractivity contribution in [3.8, 4) is 6.07 Å². The second-order valence-electron chi connectivity index (χ2n) is 13.2. The topological polar surface area (TPSA) is 75.9 Å². The Morgan fingerprint density at radius 1 is 1.00 bits per heavy atom. The Labute approximate surface area is 249 Å². The summed E-state index contributed by atoms with van der Waals surface area (Å²) in [5.74, 6) is 0.578. The van der Waals surface area contributed by atoms with Crippen LogP contribution in [-0.2, 0) is 17.7 Å². The summed E-state index contributed by atoms with van der Waals surface area (Å²) in [6.07, 6.45) is 3.80. The van der Waals surface area contributed by atoms with Gasteiger partial charge in [0.2, 0.25) is 0 Å². The van der Waals surface area contributed by atoms with Crippen LogP contribution in [0, 0.1) is 17.2 Å². The number of carbonyl (C=O) groups is 1. The molecule has 3 aromatic rings. The molecule has 0 radical (unpaired) electrons. The number of aromatic nitrogens is 1. The first kappa shape index (κ1) is 28.3. The monoisotopic (exact) mass is 566 g/mol. The summed E-state index contributed by atoms with van der Waals surface area (Å²) in [6.45, 7) is 15.1. The van der Waals surface area contributed by atoms with Gasteiger partial charge in [0.05, 0.1) is 11.1 Å².